The lowest BCUT2D eigenvalue weighted by Crippen LogP contribution is -2.37. The van der Waals surface area contributed by atoms with Gasteiger partial charge in [0.15, 0.2) is 0 Å². The maximum atomic E-state index is 5.44. The summed E-state index contributed by atoms with van der Waals surface area (Å²) in [5.74, 6) is 1.02. The number of nitrogens with zero attached hydrogens (tertiary/aromatic N) is 2. The molecule has 124 valence electrons. The normalized spacial score (nSPS) is 17.0. The molecule has 0 spiro atoms. The van der Waals surface area contributed by atoms with Gasteiger partial charge in [-0.15, -0.1) is 0 Å². The van der Waals surface area contributed by atoms with Gasteiger partial charge in [0.05, 0.1) is 0 Å². The van der Waals surface area contributed by atoms with Gasteiger partial charge in [-0.05, 0) is 29.2 Å². The highest BCUT2D eigenvalue weighted by molar-refractivity contribution is 8.03. The zero-order chi connectivity index (χ0) is 17.1. The van der Waals surface area contributed by atoms with E-state index >= 15 is 0 Å². The molecule has 1 aliphatic heterocycles. The summed E-state index contributed by atoms with van der Waals surface area (Å²) in [6.45, 7) is 6.33. The summed E-state index contributed by atoms with van der Waals surface area (Å²) in [5.41, 5.74) is 2.57. The fourth-order valence-electron chi connectivity index (χ4n) is 3.40. The number of hydrogen-bond acceptors (Lipinski definition) is 3. The smallest absolute Gasteiger partial charge is 0.260 e. The Balaban J connectivity index is 1.96. The molecule has 24 heavy (non-hydrogen) atoms. The number of rotatable bonds is 5. The minimum absolute atomic E-state index is 0.259. The molecule has 2 atom stereocenters. The predicted octanol–water partition coefficient (Wildman–Crippen LogP) is 4.11. The van der Waals surface area contributed by atoms with Crippen molar-refractivity contribution in [2.24, 2.45) is 0 Å². The van der Waals surface area contributed by atoms with Crippen LogP contribution in [0.3, 0.4) is 0 Å². The molecule has 1 heterocycles. The summed E-state index contributed by atoms with van der Waals surface area (Å²) in [7, 11) is 0. The summed E-state index contributed by atoms with van der Waals surface area (Å²) in [5, 5.41) is 0. The second-order valence-electron chi connectivity index (χ2n) is 6.17. The summed E-state index contributed by atoms with van der Waals surface area (Å²) in [6, 6.07) is 21.6. The molecule has 3 rings (SSSR count). The number of thiocarbonyl (C=S) groups is 1. The van der Waals surface area contributed by atoms with E-state index in [9.17, 15) is 0 Å². The lowest BCUT2D eigenvalue weighted by molar-refractivity contribution is -0.558. The fourth-order valence-corrected chi connectivity index (χ4v) is 3.87. The first-order chi connectivity index (χ1) is 11.6. The van der Waals surface area contributed by atoms with Crippen LogP contribution >= 0.6 is 12.2 Å². The van der Waals surface area contributed by atoms with Gasteiger partial charge < -0.3 is 24.8 Å². The van der Waals surface area contributed by atoms with Crippen molar-refractivity contribution in [3.8, 4) is 0 Å². The minimum atomic E-state index is 0.259. The first-order valence-corrected chi connectivity index (χ1v) is 9.12. The van der Waals surface area contributed by atoms with Crippen molar-refractivity contribution in [1.29, 1.82) is 0 Å². The van der Waals surface area contributed by atoms with Gasteiger partial charge in [-0.3, -0.25) is 9.48 Å². The Labute approximate surface area is 155 Å². The molecule has 0 aliphatic carbocycles. The highest BCUT2D eigenvalue weighted by atomic mass is 32.1. The van der Waals surface area contributed by atoms with Gasteiger partial charge in [-0.25, -0.2) is 0 Å². The zero-order valence-corrected chi connectivity index (χ0v) is 15.7. The molecule has 0 unspecified atom stereocenters. The first-order valence-electron chi connectivity index (χ1n) is 8.31. The van der Waals surface area contributed by atoms with E-state index in [1.807, 2.05) is 12.1 Å². The van der Waals surface area contributed by atoms with Crippen molar-refractivity contribution in [1.82, 2.24) is 4.90 Å². The van der Waals surface area contributed by atoms with Gasteiger partial charge >= 0.3 is 0 Å². The molecule has 0 saturated carbocycles. The molecule has 0 radical (unpaired) electrons. The van der Waals surface area contributed by atoms with E-state index in [0.717, 1.165) is 18.9 Å². The molecular weight excluding hydrogens is 332 g/mol. The van der Waals surface area contributed by atoms with Crippen molar-refractivity contribution in [3.05, 3.63) is 71.8 Å². The molecule has 0 amide bonds. The average Bonchev–Trinajstić information content (AvgIpc) is 3.07. The van der Waals surface area contributed by atoms with Crippen LogP contribution in [-0.4, -0.2) is 32.6 Å². The Morgan fingerprint density at radius 3 is 2.08 bits per heavy atom. The number of benzene rings is 2. The van der Waals surface area contributed by atoms with Gasteiger partial charge in [0, 0.05) is 0 Å². The van der Waals surface area contributed by atoms with E-state index < -0.39 is 0 Å². The third kappa shape index (κ3) is 3.35. The van der Waals surface area contributed by atoms with Crippen LogP contribution in [0.4, 0.5) is 0 Å². The van der Waals surface area contributed by atoms with Gasteiger partial charge in [0.1, 0.15) is 25.2 Å². The van der Waals surface area contributed by atoms with Crippen molar-refractivity contribution >= 4 is 34.9 Å². The van der Waals surface area contributed by atoms with Crippen molar-refractivity contribution in [2.75, 3.05) is 13.1 Å². The molecular formula is C20H22N2S2. The van der Waals surface area contributed by atoms with Crippen LogP contribution in [0.2, 0.25) is 0 Å². The van der Waals surface area contributed by atoms with Gasteiger partial charge in [-0.2, -0.15) is 0 Å². The summed E-state index contributed by atoms with van der Waals surface area (Å²) in [4.78, 5) is 2.35. The quantitative estimate of drug-likeness (QED) is 0.453. The van der Waals surface area contributed by atoms with E-state index in [2.05, 4.69) is 71.9 Å². The van der Waals surface area contributed by atoms with E-state index in [0.29, 0.717) is 4.20 Å². The standard InChI is InChI=1S/C20H22N2S2/c1-15(17-9-5-3-6-10-17)21-13-14-22(19(21)20(23)24)16(2)18-11-7-4-8-12-18/h3-12,15-16H,13-14H2,1-2H3/t15-,16-/m1/s1. The Kier molecular flexibility index (Phi) is 5.27. The largest absolute Gasteiger partial charge is 0.421 e. The van der Waals surface area contributed by atoms with Gasteiger partial charge in [0.25, 0.3) is 5.84 Å². The monoisotopic (exact) mass is 354 g/mol. The predicted molar refractivity (Wildman–Crippen MR) is 107 cm³/mol. The van der Waals surface area contributed by atoms with E-state index in [-0.39, 0.29) is 12.1 Å². The van der Waals surface area contributed by atoms with Crippen LogP contribution in [0.1, 0.15) is 37.1 Å². The maximum absolute atomic E-state index is 5.44. The zero-order valence-electron chi connectivity index (χ0n) is 14.1. The maximum Gasteiger partial charge on any atom is 0.260 e. The molecule has 0 N–H and O–H groups in total. The highest BCUT2D eigenvalue weighted by Crippen LogP contribution is 2.26. The topological polar surface area (TPSA) is 6.25 Å². The van der Waals surface area contributed by atoms with Crippen molar-refractivity contribution in [2.45, 2.75) is 25.9 Å². The molecule has 0 saturated heterocycles. The Hall–Kier alpha value is -1.78. The molecule has 2 nitrogen and oxygen atoms in total. The molecule has 2 aromatic carbocycles. The Morgan fingerprint density at radius 2 is 1.54 bits per heavy atom. The number of hydrogen-bond donors (Lipinski definition) is 0. The second kappa shape index (κ2) is 7.41. The third-order valence-electron chi connectivity index (χ3n) is 4.81. The molecule has 0 aromatic heterocycles. The summed E-state index contributed by atoms with van der Waals surface area (Å²) in [6.07, 6.45) is 0. The minimum Gasteiger partial charge on any atom is -0.421 e. The third-order valence-corrected chi connectivity index (χ3v) is 5.17. The first kappa shape index (κ1) is 17.1. The van der Waals surface area contributed by atoms with Crippen molar-refractivity contribution < 1.29 is 4.58 Å². The van der Waals surface area contributed by atoms with E-state index in [4.69, 9.17) is 24.8 Å². The lowest BCUT2D eigenvalue weighted by atomic mass is 10.1. The summed E-state index contributed by atoms with van der Waals surface area (Å²) >= 11 is 10.9. The van der Waals surface area contributed by atoms with Crippen LogP contribution in [0.25, 0.3) is 0 Å². The SMILES string of the molecule is C[C@H](c1ccccc1)N1CC[N+]([C@H](C)c2ccccc2)=C1C(=S)[S-]. The van der Waals surface area contributed by atoms with Gasteiger partial charge in [0.2, 0.25) is 0 Å². The molecule has 0 fully saturated rings. The molecule has 4 heteroatoms. The molecule has 2 aromatic rings. The highest BCUT2D eigenvalue weighted by Gasteiger charge is 2.36. The van der Waals surface area contributed by atoms with Crippen LogP contribution in [0.15, 0.2) is 60.7 Å². The summed E-state index contributed by atoms with van der Waals surface area (Å²) < 4.78 is 2.91. The van der Waals surface area contributed by atoms with E-state index in [1.54, 1.807) is 0 Å². The van der Waals surface area contributed by atoms with Crippen LogP contribution in [0.5, 0.6) is 0 Å². The molecule has 1 aliphatic rings. The van der Waals surface area contributed by atoms with Crippen LogP contribution < -0.4 is 0 Å². The Bertz CT molecular complexity index is 741. The van der Waals surface area contributed by atoms with Gasteiger partial charge in [-0.1, -0.05) is 60.7 Å². The Morgan fingerprint density at radius 1 is 1.00 bits per heavy atom. The molecule has 0 bridgehead atoms. The van der Waals surface area contributed by atoms with Crippen molar-refractivity contribution in [3.63, 3.8) is 0 Å². The second-order valence-corrected chi connectivity index (χ2v) is 7.25. The van der Waals surface area contributed by atoms with E-state index in [1.165, 1.54) is 11.1 Å². The number of amidine groups is 1. The van der Waals surface area contributed by atoms with Crippen LogP contribution in [-0.2, 0) is 12.6 Å². The average molecular weight is 355 g/mol. The fraction of sp³-hybridized carbons (Fsp3) is 0.300. The lowest BCUT2D eigenvalue weighted by Gasteiger charge is -2.24. The van der Waals surface area contributed by atoms with Crippen LogP contribution in [0, 0.1) is 0 Å².